The maximum Gasteiger partial charge on any atom is 0.110 e. The Balaban J connectivity index is 0.000000133. The molecule has 0 radical (unpaired) electrons. The summed E-state index contributed by atoms with van der Waals surface area (Å²) < 4.78 is 0. The zero-order chi connectivity index (χ0) is 15.3. The summed E-state index contributed by atoms with van der Waals surface area (Å²) in [5.74, 6) is 0. The molecule has 4 rings (SSSR count). The number of pyridine rings is 1. The zero-order valence-electron chi connectivity index (χ0n) is 12.4. The average Bonchev–Trinajstić information content (AvgIpc) is 3.04. The van der Waals surface area contributed by atoms with Crippen LogP contribution in [0, 0.1) is 0 Å². The molecule has 0 saturated carbocycles. The third-order valence-corrected chi connectivity index (χ3v) is 4.66. The van der Waals surface area contributed by atoms with Gasteiger partial charge in [-0.1, -0.05) is 66.4 Å². The lowest BCUT2D eigenvalue weighted by atomic mass is 10.1. The first-order valence-corrected chi connectivity index (χ1v) is 8.12. The third kappa shape index (κ3) is 3.31. The van der Waals surface area contributed by atoms with Gasteiger partial charge in [-0.25, -0.2) is 0 Å². The molecule has 0 fully saturated rings. The largest absolute Gasteiger partial charge is 0.373 e. The van der Waals surface area contributed by atoms with Gasteiger partial charge in [0.1, 0.15) is 4.87 Å². The second-order valence-electron chi connectivity index (χ2n) is 5.16. The molecule has 22 heavy (non-hydrogen) atoms. The summed E-state index contributed by atoms with van der Waals surface area (Å²) in [5.41, 5.74) is 2.38. The highest BCUT2D eigenvalue weighted by atomic mass is 32.2. The second kappa shape index (κ2) is 6.67. The van der Waals surface area contributed by atoms with Gasteiger partial charge in [-0.3, -0.25) is 4.98 Å². The van der Waals surface area contributed by atoms with E-state index in [1.807, 2.05) is 42.7 Å². The molecule has 1 aliphatic heterocycles. The minimum Gasteiger partial charge on any atom is -0.373 e. The molecule has 1 aliphatic rings. The molecule has 0 saturated heterocycles. The summed E-state index contributed by atoms with van der Waals surface area (Å²) in [4.78, 5) is 4.22. The number of nitrogens with zero attached hydrogens (tertiary/aromatic N) is 1. The van der Waals surface area contributed by atoms with Crippen LogP contribution in [0.3, 0.4) is 0 Å². The number of thioether (sulfide) groups is 1. The summed E-state index contributed by atoms with van der Waals surface area (Å²) in [6, 6.07) is 22.6. The number of fused-ring (bicyclic) bond motifs is 1. The number of benzene rings is 2. The van der Waals surface area contributed by atoms with Crippen LogP contribution < -0.4 is 5.32 Å². The highest BCUT2D eigenvalue weighted by Crippen LogP contribution is 2.37. The van der Waals surface area contributed by atoms with Crippen molar-refractivity contribution in [2.45, 2.75) is 11.8 Å². The maximum atomic E-state index is 4.18. The van der Waals surface area contributed by atoms with Gasteiger partial charge >= 0.3 is 0 Å². The fraction of sp³-hybridized carbons (Fsp3) is 0.105. The Morgan fingerprint density at radius 1 is 0.909 bits per heavy atom. The predicted octanol–water partition coefficient (Wildman–Crippen LogP) is 4.90. The molecule has 0 amide bonds. The first kappa shape index (κ1) is 14.7. The number of rotatable bonds is 1. The van der Waals surface area contributed by atoms with Crippen molar-refractivity contribution < 1.29 is 0 Å². The van der Waals surface area contributed by atoms with E-state index in [0.717, 1.165) is 5.52 Å². The molecular formula is C19H18N2S. The summed E-state index contributed by atoms with van der Waals surface area (Å²) in [6.45, 7) is 2.19. The molecule has 2 nitrogen and oxygen atoms in total. The Morgan fingerprint density at radius 2 is 1.64 bits per heavy atom. The molecular weight excluding hydrogens is 288 g/mol. The van der Waals surface area contributed by atoms with E-state index in [-0.39, 0.29) is 4.87 Å². The zero-order valence-corrected chi connectivity index (χ0v) is 13.3. The maximum absolute atomic E-state index is 4.18. The van der Waals surface area contributed by atoms with Gasteiger partial charge in [0.2, 0.25) is 0 Å². The Kier molecular flexibility index (Phi) is 4.45. The summed E-state index contributed by atoms with van der Waals surface area (Å²) >= 11 is 1.81. The Hall–Kier alpha value is -2.26. The monoisotopic (exact) mass is 306 g/mol. The molecule has 0 bridgehead atoms. The van der Waals surface area contributed by atoms with Crippen molar-refractivity contribution >= 4 is 22.7 Å². The minimum absolute atomic E-state index is 0.0429. The van der Waals surface area contributed by atoms with Crippen molar-refractivity contribution in [2.75, 3.05) is 0 Å². The van der Waals surface area contributed by atoms with E-state index in [1.54, 1.807) is 11.8 Å². The van der Waals surface area contributed by atoms with Gasteiger partial charge in [0.25, 0.3) is 0 Å². The van der Waals surface area contributed by atoms with Crippen molar-refractivity contribution in [1.82, 2.24) is 10.3 Å². The lowest BCUT2D eigenvalue weighted by molar-refractivity contribution is 0.632. The molecule has 3 aromatic rings. The molecule has 1 unspecified atom stereocenters. The molecule has 2 heterocycles. The normalized spacial score (nSPS) is 19.3. The van der Waals surface area contributed by atoms with Crippen LogP contribution in [-0.2, 0) is 4.87 Å². The summed E-state index contributed by atoms with van der Waals surface area (Å²) in [7, 11) is 0. The van der Waals surface area contributed by atoms with Gasteiger partial charge in [-0.05, 0) is 30.0 Å². The van der Waals surface area contributed by atoms with Crippen molar-refractivity contribution in [2.24, 2.45) is 0 Å². The highest BCUT2D eigenvalue weighted by Gasteiger charge is 2.27. The quantitative estimate of drug-likeness (QED) is 0.692. The highest BCUT2D eigenvalue weighted by molar-refractivity contribution is 8.03. The number of para-hydroxylation sites is 1. The SMILES string of the molecule is CC1(c2ccccc2)NC=CS1.c1ccc2ncccc2c1. The van der Waals surface area contributed by atoms with Crippen molar-refractivity contribution in [3.8, 4) is 0 Å². The smallest absolute Gasteiger partial charge is 0.110 e. The van der Waals surface area contributed by atoms with Crippen LogP contribution in [0.15, 0.2) is 84.5 Å². The predicted molar refractivity (Wildman–Crippen MR) is 95.4 cm³/mol. The van der Waals surface area contributed by atoms with E-state index >= 15 is 0 Å². The van der Waals surface area contributed by atoms with Gasteiger partial charge in [0, 0.05) is 17.8 Å². The van der Waals surface area contributed by atoms with Crippen LogP contribution in [0.5, 0.6) is 0 Å². The van der Waals surface area contributed by atoms with E-state index in [4.69, 9.17) is 0 Å². The second-order valence-corrected chi connectivity index (χ2v) is 6.48. The average molecular weight is 306 g/mol. The van der Waals surface area contributed by atoms with Crippen LogP contribution in [-0.4, -0.2) is 4.98 Å². The summed E-state index contributed by atoms with van der Waals surface area (Å²) in [6.07, 6.45) is 3.81. The number of hydrogen-bond acceptors (Lipinski definition) is 3. The van der Waals surface area contributed by atoms with E-state index in [1.165, 1.54) is 10.9 Å². The van der Waals surface area contributed by atoms with Gasteiger partial charge in [-0.15, -0.1) is 0 Å². The lowest BCUT2D eigenvalue weighted by Crippen LogP contribution is -2.28. The Bertz CT molecular complexity index is 695. The molecule has 2 aromatic carbocycles. The first-order valence-electron chi connectivity index (χ1n) is 7.24. The van der Waals surface area contributed by atoms with Crippen molar-refractivity contribution in [3.63, 3.8) is 0 Å². The van der Waals surface area contributed by atoms with Gasteiger partial charge in [0.15, 0.2) is 0 Å². The minimum atomic E-state index is 0.0429. The van der Waals surface area contributed by atoms with Crippen LogP contribution in [0.25, 0.3) is 10.9 Å². The first-order chi connectivity index (χ1) is 10.8. The van der Waals surface area contributed by atoms with Crippen molar-refractivity contribution in [1.29, 1.82) is 0 Å². The number of nitrogens with one attached hydrogen (secondary N) is 1. The fourth-order valence-corrected chi connectivity index (χ4v) is 3.14. The number of aromatic nitrogens is 1. The third-order valence-electron chi connectivity index (χ3n) is 3.57. The van der Waals surface area contributed by atoms with Gasteiger partial charge in [-0.2, -0.15) is 0 Å². The van der Waals surface area contributed by atoms with E-state index in [0.29, 0.717) is 0 Å². The molecule has 1 N–H and O–H groups in total. The standard InChI is InChI=1S/C10H11NS.C9H7N/c1-10(11-7-8-12-10)9-5-3-2-4-6-9;1-2-6-9-8(4-1)5-3-7-10-9/h2-8,11H,1H3;1-7H. The van der Waals surface area contributed by atoms with Crippen LogP contribution in [0.4, 0.5) is 0 Å². The fourth-order valence-electron chi connectivity index (χ4n) is 2.32. The molecule has 110 valence electrons. The molecule has 1 aromatic heterocycles. The molecule has 1 atom stereocenters. The van der Waals surface area contributed by atoms with E-state index in [9.17, 15) is 0 Å². The number of hydrogen-bond donors (Lipinski definition) is 1. The Morgan fingerprint density at radius 3 is 2.36 bits per heavy atom. The van der Waals surface area contributed by atoms with Crippen LogP contribution in [0.2, 0.25) is 0 Å². The van der Waals surface area contributed by atoms with Crippen molar-refractivity contribution in [3.05, 3.63) is 90.1 Å². The van der Waals surface area contributed by atoms with Gasteiger partial charge in [0.05, 0.1) is 5.52 Å². The molecule has 0 aliphatic carbocycles. The van der Waals surface area contributed by atoms with Gasteiger partial charge < -0.3 is 5.32 Å². The van der Waals surface area contributed by atoms with Crippen LogP contribution >= 0.6 is 11.8 Å². The Labute approximate surface area is 135 Å². The van der Waals surface area contributed by atoms with E-state index < -0.39 is 0 Å². The van der Waals surface area contributed by atoms with Crippen LogP contribution in [0.1, 0.15) is 12.5 Å². The lowest BCUT2D eigenvalue weighted by Gasteiger charge is -2.24. The van der Waals surface area contributed by atoms with E-state index in [2.05, 4.69) is 59.0 Å². The molecule has 3 heteroatoms. The molecule has 0 spiro atoms. The summed E-state index contributed by atoms with van der Waals surface area (Å²) in [5, 5.41) is 6.62. The topological polar surface area (TPSA) is 24.9 Å².